The minimum absolute atomic E-state index is 0.265. The Bertz CT molecular complexity index is 1370. The molecule has 33 heavy (non-hydrogen) atoms. The molecule has 4 aromatic rings. The topological polar surface area (TPSA) is 78.1 Å². The lowest BCUT2D eigenvalue weighted by molar-refractivity contribution is -0.117. The lowest BCUT2D eigenvalue weighted by atomic mass is 10.1. The van der Waals surface area contributed by atoms with Gasteiger partial charge < -0.3 is 14.6 Å². The second kappa shape index (κ2) is 9.28. The van der Waals surface area contributed by atoms with E-state index in [1.165, 1.54) is 37.4 Å². The number of aromatic nitrogens is 3. The predicted octanol–water partition coefficient (Wildman–Crippen LogP) is 4.31. The highest BCUT2D eigenvalue weighted by molar-refractivity contribution is 6.01. The van der Waals surface area contributed by atoms with Crippen LogP contribution in [-0.4, -0.2) is 27.4 Å². The van der Waals surface area contributed by atoms with E-state index >= 15 is 0 Å². The van der Waals surface area contributed by atoms with Gasteiger partial charge in [0.2, 0.25) is 5.91 Å². The van der Waals surface area contributed by atoms with Crippen molar-refractivity contribution in [2.45, 2.75) is 26.9 Å². The number of rotatable bonds is 7. The quantitative estimate of drug-likeness (QED) is 0.457. The summed E-state index contributed by atoms with van der Waals surface area (Å²) in [5, 5.41) is 8.12. The first kappa shape index (κ1) is 22.3. The van der Waals surface area contributed by atoms with Crippen molar-refractivity contribution in [3.63, 3.8) is 0 Å². The van der Waals surface area contributed by atoms with Gasteiger partial charge in [-0.2, -0.15) is 5.10 Å². The van der Waals surface area contributed by atoms with Crippen molar-refractivity contribution in [3.05, 3.63) is 77.0 Å². The van der Waals surface area contributed by atoms with Crippen LogP contribution < -0.4 is 15.6 Å². The van der Waals surface area contributed by atoms with E-state index in [4.69, 9.17) is 4.74 Å². The molecule has 0 fully saturated rings. The second-order valence-electron chi connectivity index (χ2n) is 8.21. The van der Waals surface area contributed by atoms with E-state index in [1.54, 1.807) is 0 Å². The molecule has 0 aliphatic heterocycles. The maximum Gasteiger partial charge on any atom is 0.267 e. The fraction of sp³-hybridized carbons (Fsp3) is 0.240. The van der Waals surface area contributed by atoms with Gasteiger partial charge >= 0.3 is 0 Å². The van der Waals surface area contributed by atoms with Crippen LogP contribution in [0.25, 0.3) is 22.2 Å². The second-order valence-corrected chi connectivity index (χ2v) is 8.21. The van der Waals surface area contributed by atoms with Crippen molar-refractivity contribution in [3.8, 4) is 17.0 Å². The van der Waals surface area contributed by atoms with Gasteiger partial charge in [0.15, 0.2) is 0 Å². The van der Waals surface area contributed by atoms with E-state index in [1.807, 2.05) is 30.5 Å². The number of anilines is 1. The number of fused-ring (bicyclic) bond motifs is 1. The summed E-state index contributed by atoms with van der Waals surface area (Å²) in [7, 11) is 1.43. The van der Waals surface area contributed by atoms with Gasteiger partial charge in [-0.1, -0.05) is 19.9 Å². The van der Waals surface area contributed by atoms with Crippen LogP contribution in [0.4, 0.5) is 10.1 Å². The summed E-state index contributed by atoms with van der Waals surface area (Å²) in [5.74, 6) is -0.0461. The van der Waals surface area contributed by atoms with Crippen LogP contribution in [0.3, 0.4) is 0 Å². The fourth-order valence-electron chi connectivity index (χ4n) is 3.79. The number of amides is 1. The number of nitrogens with one attached hydrogen (secondary N) is 1. The molecule has 1 amide bonds. The Morgan fingerprint density at radius 3 is 2.73 bits per heavy atom. The monoisotopic (exact) mass is 448 g/mol. The zero-order valence-corrected chi connectivity index (χ0v) is 18.7. The van der Waals surface area contributed by atoms with E-state index < -0.39 is 11.4 Å². The lowest BCUT2D eigenvalue weighted by Crippen LogP contribution is -2.29. The van der Waals surface area contributed by atoms with Crippen LogP contribution in [0, 0.1) is 11.7 Å². The normalized spacial score (nSPS) is 11.2. The van der Waals surface area contributed by atoms with E-state index in [0.717, 1.165) is 22.1 Å². The van der Waals surface area contributed by atoms with Crippen LogP contribution in [0.1, 0.15) is 13.8 Å². The molecule has 8 heteroatoms. The molecule has 1 N–H and O–H groups in total. The Kier molecular flexibility index (Phi) is 6.26. The highest BCUT2D eigenvalue weighted by Crippen LogP contribution is 2.29. The molecule has 4 rings (SSSR count). The molecule has 0 saturated carbocycles. The number of carbonyl (C=O) groups is 1. The molecule has 0 unspecified atom stereocenters. The summed E-state index contributed by atoms with van der Waals surface area (Å²) in [5.41, 5.74) is 2.19. The molecule has 0 saturated heterocycles. The van der Waals surface area contributed by atoms with Crippen LogP contribution in [0.5, 0.6) is 5.75 Å². The van der Waals surface area contributed by atoms with E-state index in [-0.39, 0.29) is 18.2 Å². The molecule has 0 aliphatic rings. The molecular weight excluding hydrogens is 423 g/mol. The van der Waals surface area contributed by atoms with Gasteiger partial charge in [0.1, 0.15) is 18.1 Å². The van der Waals surface area contributed by atoms with Crippen molar-refractivity contribution < 1.29 is 13.9 Å². The molecule has 2 aromatic carbocycles. The molecule has 0 spiro atoms. The number of halogens is 1. The molecular formula is C25H25FN4O3. The van der Waals surface area contributed by atoms with Crippen molar-refractivity contribution >= 4 is 22.5 Å². The summed E-state index contributed by atoms with van der Waals surface area (Å²) in [6, 6.07) is 14.6. The smallest absolute Gasteiger partial charge is 0.267 e. The number of nitrogens with zero attached hydrogens (tertiary/aromatic N) is 3. The fourth-order valence-corrected chi connectivity index (χ4v) is 3.79. The SMILES string of the molecule is COc1cc(F)ccc1-c1ccc(=O)n(CC(=O)Nc2cccc3c2ccn3CC(C)C)n1. The first-order valence-electron chi connectivity index (χ1n) is 10.7. The van der Waals surface area contributed by atoms with Crippen molar-refractivity contribution in [1.82, 2.24) is 14.3 Å². The third kappa shape index (κ3) is 4.79. The Balaban J connectivity index is 1.58. The van der Waals surface area contributed by atoms with E-state index in [9.17, 15) is 14.0 Å². The highest BCUT2D eigenvalue weighted by atomic mass is 19.1. The van der Waals surface area contributed by atoms with Gasteiger partial charge in [0.05, 0.1) is 24.0 Å². The zero-order valence-electron chi connectivity index (χ0n) is 18.7. The summed E-state index contributed by atoms with van der Waals surface area (Å²) in [6.07, 6.45) is 2.01. The minimum atomic E-state index is -0.445. The highest BCUT2D eigenvalue weighted by Gasteiger charge is 2.14. The number of hydrogen-bond acceptors (Lipinski definition) is 4. The number of hydrogen-bond donors (Lipinski definition) is 1. The summed E-state index contributed by atoms with van der Waals surface area (Å²) in [6.45, 7) is 4.91. The number of methoxy groups -OCH3 is 1. The van der Waals surface area contributed by atoms with Gasteiger partial charge in [-0.25, -0.2) is 9.07 Å². The first-order valence-corrected chi connectivity index (χ1v) is 10.7. The minimum Gasteiger partial charge on any atom is -0.496 e. The van der Waals surface area contributed by atoms with Crippen LogP contribution >= 0.6 is 0 Å². The zero-order chi connectivity index (χ0) is 23.5. The summed E-state index contributed by atoms with van der Waals surface area (Å²) in [4.78, 5) is 25.1. The molecule has 0 bridgehead atoms. The Morgan fingerprint density at radius 2 is 1.97 bits per heavy atom. The molecule has 0 atom stereocenters. The van der Waals surface area contributed by atoms with Crippen LogP contribution in [0.2, 0.25) is 0 Å². The summed E-state index contributed by atoms with van der Waals surface area (Å²) < 4.78 is 22.0. The average Bonchev–Trinajstić information content (AvgIpc) is 3.18. The average molecular weight is 448 g/mol. The van der Waals surface area contributed by atoms with Gasteiger partial charge in [0, 0.05) is 35.8 Å². The Labute approximate surface area is 190 Å². The van der Waals surface area contributed by atoms with Crippen LogP contribution in [0.15, 0.2) is 65.6 Å². The number of ether oxygens (including phenoxy) is 1. The van der Waals surface area contributed by atoms with Gasteiger partial charge in [-0.05, 0) is 42.3 Å². The van der Waals surface area contributed by atoms with Crippen LogP contribution in [-0.2, 0) is 17.9 Å². The van der Waals surface area contributed by atoms with E-state index in [2.05, 4.69) is 28.8 Å². The third-order valence-corrected chi connectivity index (χ3v) is 5.25. The van der Waals surface area contributed by atoms with E-state index in [0.29, 0.717) is 22.9 Å². The first-order chi connectivity index (χ1) is 15.9. The maximum atomic E-state index is 13.5. The van der Waals surface area contributed by atoms with Gasteiger partial charge in [-0.3, -0.25) is 9.59 Å². The molecule has 0 radical (unpaired) electrons. The largest absolute Gasteiger partial charge is 0.496 e. The Morgan fingerprint density at radius 1 is 1.15 bits per heavy atom. The van der Waals surface area contributed by atoms with Crippen molar-refractivity contribution in [2.24, 2.45) is 5.92 Å². The molecule has 7 nitrogen and oxygen atoms in total. The molecule has 0 aliphatic carbocycles. The lowest BCUT2D eigenvalue weighted by Gasteiger charge is -2.12. The predicted molar refractivity (Wildman–Crippen MR) is 126 cm³/mol. The summed E-state index contributed by atoms with van der Waals surface area (Å²) >= 11 is 0. The van der Waals surface area contributed by atoms with Crippen molar-refractivity contribution in [1.29, 1.82) is 0 Å². The molecule has 2 aromatic heterocycles. The Hall–Kier alpha value is -3.94. The van der Waals surface area contributed by atoms with Gasteiger partial charge in [0.25, 0.3) is 5.56 Å². The molecule has 2 heterocycles. The van der Waals surface area contributed by atoms with Gasteiger partial charge in [-0.15, -0.1) is 0 Å². The molecule has 170 valence electrons. The van der Waals surface area contributed by atoms with Crippen molar-refractivity contribution in [2.75, 3.05) is 12.4 Å². The number of benzene rings is 2. The maximum absolute atomic E-state index is 13.5. The number of carbonyl (C=O) groups excluding carboxylic acids is 1. The third-order valence-electron chi connectivity index (χ3n) is 5.25. The standard InChI is InChI=1S/C25H25FN4O3/c1-16(2)14-29-12-11-18-20(5-4-6-22(18)29)27-24(31)15-30-25(32)10-9-21(28-30)19-8-7-17(26)13-23(19)33-3/h4-13,16H,14-15H2,1-3H3,(H,27,31).